The Morgan fingerprint density at radius 1 is 0.443 bits per heavy atom. The lowest BCUT2D eigenvalue weighted by Gasteiger charge is -2.37. The molecular weight excluding hydrogens is 753 g/mol. The van der Waals surface area contributed by atoms with Gasteiger partial charge in [0.05, 0.1) is 44.8 Å². The Hall–Kier alpha value is -8.10. The molecule has 8 nitrogen and oxygen atoms in total. The second-order valence-corrected chi connectivity index (χ2v) is 15.8. The molecule has 290 valence electrons. The Labute approximate surface area is 351 Å². The van der Waals surface area contributed by atoms with E-state index in [1.807, 2.05) is 48.5 Å². The molecule has 61 heavy (non-hydrogen) atoms. The summed E-state index contributed by atoms with van der Waals surface area (Å²) in [5.74, 6) is 6.75. The third-order valence-electron chi connectivity index (χ3n) is 12.3. The second kappa shape index (κ2) is 12.9. The number of aromatic nitrogens is 4. The fraction of sp³-hybridized carbons (Fsp3) is 0.0566. The number of rotatable bonds is 4. The highest BCUT2D eigenvalue weighted by Gasteiger charge is 2.33. The van der Waals surface area contributed by atoms with Crippen LogP contribution in [0.15, 0.2) is 193 Å². The number of nitrogens with zero attached hydrogens (tertiary/aromatic N) is 6. The lowest BCUT2D eigenvalue weighted by atomic mass is 9.95. The van der Waals surface area contributed by atoms with E-state index in [-0.39, 0.29) is 5.92 Å². The lowest BCUT2D eigenvalue weighted by molar-refractivity contribution is 0.407. The molecule has 8 heteroatoms. The number of hydrogen-bond acceptors (Lipinski definition) is 6. The Balaban J connectivity index is 1.08. The van der Waals surface area contributed by atoms with Crippen LogP contribution in [0, 0.1) is 5.92 Å². The molecule has 0 radical (unpaired) electrons. The topological polar surface area (TPSA) is 60.6 Å². The number of ether oxygens (including phenoxy) is 2. The van der Waals surface area contributed by atoms with Gasteiger partial charge in [0.2, 0.25) is 0 Å². The van der Waals surface area contributed by atoms with Gasteiger partial charge in [0, 0.05) is 27.5 Å². The van der Waals surface area contributed by atoms with Gasteiger partial charge >= 0.3 is 0 Å². The zero-order valence-corrected chi connectivity index (χ0v) is 33.1. The molecule has 2 aliphatic heterocycles. The van der Waals surface area contributed by atoms with Crippen LogP contribution in [-0.4, -0.2) is 19.1 Å². The molecule has 3 aliphatic rings. The molecule has 1 atom stereocenters. The average Bonchev–Trinajstić information content (AvgIpc) is 3.83. The number of pyridine rings is 2. The van der Waals surface area contributed by atoms with E-state index in [1.165, 1.54) is 0 Å². The highest BCUT2D eigenvalue weighted by atomic mass is 16.5. The SMILES string of the molecule is CC1CC=CC2=C1N(c1cccc(-n3c4ccccc4c4ccc5c6ccccc6n(-c6cccc(N7c8ccccc8Oc8ccccc87)n6)c5c43)n1)c1ccccc1O2. The van der Waals surface area contributed by atoms with Gasteiger partial charge in [-0.2, -0.15) is 0 Å². The van der Waals surface area contributed by atoms with E-state index in [9.17, 15) is 0 Å². The van der Waals surface area contributed by atoms with Crippen molar-refractivity contribution < 1.29 is 9.47 Å². The summed E-state index contributed by atoms with van der Waals surface area (Å²) in [5, 5.41) is 4.58. The minimum absolute atomic E-state index is 0.241. The summed E-state index contributed by atoms with van der Waals surface area (Å²) >= 11 is 0. The van der Waals surface area contributed by atoms with Crippen LogP contribution in [0.4, 0.5) is 28.7 Å². The van der Waals surface area contributed by atoms with E-state index in [0.717, 1.165) is 119 Å². The fourth-order valence-electron chi connectivity index (χ4n) is 9.71. The third kappa shape index (κ3) is 4.93. The molecule has 1 unspecified atom stereocenters. The van der Waals surface area contributed by atoms with E-state index in [0.29, 0.717) is 0 Å². The van der Waals surface area contributed by atoms with Gasteiger partial charge in [-0.15, -0.1) is 0 Å². The molecule has 0 saturated heterocycles. The van der Waals surface area contributed by atoms with Crippen LogP contribution in [0.2, 0.25) is 0 Å². The van der Waals surface area contributed by atoms with Crippen molar-refractivity contribution in [2.24, 2.45) is 5.92 Å². The van der Waals surface area contributed by atoms with E-state index in [1.54, 1.807) is 0 Å². The first-order valence-corrected chi connectivity index (χ1v) is 20.7. The quantitative estimate of drug-likeness (QED) is 0.177. The van der Waals surface area contributed by atoms with Crippen molar-refractivity contribution in [1.29, 1.82) is 0 Å². The fourth-order valence-corrected chi connectivity index (χ4v) is 9.71. The summed E-state index contributed by atoms with van der Waals surface area (Å²) in [6.45, 7) is 2.26. The maximum absolute atomic E-state index is 6.49. The molecule has 0 amide bonds. The van der Waals surface area contributed by atoms with Gasteiger partial charge in [0.15, 0.2) is 17.2 Å². The molecule has 13 rings (SSSR count). The molecule has 0 bridgehead atoms. The van der Waals surface area contributed by atoms with Gasteiger partial charge < -0.3 is 9.47 Å². The van der Waals surface area contributed by atoms with Crippen LogP contribution in [0.1, 0.15) is 13.3 Å². The molecule has 0 fully saturated rings. The van der Waals surface area contributed by atoms with Gasteiger partial charge in [0.25, 0.3) is 0 Å². The summed E-state index contributed by atoms with van der Waals surface area (Å²) in [6.07, 6.45) is 5.23. The predicted octanol–water partition coefficient (Wildman–Crippen LogP) is 13.6. The summed E-state index contributed by atoms with van der Waals surface area (Å²) in [6, 6.07) is 59.0. The first-order valence-electron chi connectivity index (χ1n) is 20.7. The second-order valence-electron chi connectivity index (χ2n) is 15.8. The van der Waals surface area contributed by atoms with Crippen LogP contribution in [0.3, 0.4) is 0 Å². The number of fused-ring (bicyclic) bond motifs is 10. The van der Waals surface area contributed by atoms with Crippen LogP contribution < -0.4 is 19.3 Å². The van der Waals surface area contributed by atoms with Gasteiger partial charge in [-0.25, -0.2) is 9.97 Å². The van der Waals surface area contributed by atoms with Crippen LogP contribution in [0.5, 0.6) is 17.2 Å². The monoisotopic (exact) mass is 788 g/mol. The van der Waals surface area contributed by atoms with E-state index in [4.69, 9.17) is 19.4 Å². The maximum atomic E-state index is 6.49. The minimum Gasteiger partial charge on any atom is -0.453 e. The minimum atomic E-state index is 0.241. The Bertz CT molecular complexity index is 3480. The lowest BCUT2D eigenvalue weighted by Crippen LogP contribution is -2.30. The first-order chi connectivity index (χ1) is 30.2. The van der Waals surface area contributed by atoms with Crippen molar-refractivity contribution in [2.45, 2.75) is 13.3 Å². The Kier molecular flexibility index (Phi) is 7.18. The van der Waals surface area contributed by atoms with E-state index >= 15 is 0 Å². The van der Waals surface area contributed by atoms with Gasteiger partial charge in [-0.05, 0) is 85.3 Å². The van der Waals surface area contributed by atoms with Gasteiger partial charge in [0.1, 0.15) is 29.0 Å². The highest BCUT2D eigenvalue weighted by Crippen LogP contribution is 2.51. The number of benzene rings is 6. The maximum Gasteiger partial charge on any atom is 0.151 e. The zero-order valence-electron chi connectivity index (χ0n) is 33.1. The third-order valence-corrected chi connectivity index (χ3v) is 12.3. The van der Waals surface area contributed by atoms with Crippen molar-refractivity contribution in [1.82, 2.24) is 19.1 Å². The van der Waals surface area contributed by atoms with E-state index in [2.05, 4.69) is 159 Å². The first kappa shape index (κ1) is 33.8. The molecule has 1 aliphatic carbocycles. The van der Waals surface area contributed by atoms with Crippen LogP contribution in [-0.2, 0) is 0 Å². The summed E-state index contributed by atoms with van der Waals surface area (Å²) < 4.78 is 17.5. The molecule has 0 saturated carbocycles. The normalized spacial score (nSPS) is 15.5. The molecule has 0 spiro atoms. The van der Waals surface area contributed by atoms with Crippen LogP contribution in [0.25, 0.3) is 55.2 Å². The largest absolute Gasteiger partial charge is 0.453 e. The summed E-state index contributed by atoms with van der Waals surface area (Å²) in [5.41, 5.74) is 8.23. The van der Waals surface area contributed by atoms with Gasteiger partial charge in [-0.1, -0.05) is 110 Å². The molecule has 4 aromatic heterocycles. The van der Waals surface area contributed by atoms with Crippen molar-refractivity contribution >= 4 is 72.3 Å². The molecule has 10 aromatic rings. The van der Waals surface area contributed by atoms with Crippen molar-refractivity contribution in [3.05, 3.63) is 193 Å². The number of anilines is 5. The smallest absolute Gasteiger partial charge is 0.151 e. The number of hydrogen-bond donors (Lipinski definition) is 0. The Morgan fingerprint density at radius 2 is 0.902 bits per heavy atom. The zero-order chi connectivity index (χ0) is 40.2. The predicted molar refractivity (Wildman–Crippen MR) is 245 cm³/mol. The van der Waals surface area contributed by atoms with Crippen molar-refractivity contribution in [2.75, 3.05) is 9.80 Å². The van der Waals surface area contributed by atoms with Crippen molar-refractivity contribution in [3.8, 4) is 28.9 Å². The molecule has 0 N–H and O–H groups in total. The average molecular weight is 789 g/mol. The van der Waals surface area contributed by atoms with E-state index < -0.39 is 0 Å². The van der Waals surface area contributed by atoms with Gasteiger partial charge in [-0.3, -0.25) is 18.9 Å². The Morgan fingerprint density at radius 3 is 1.48 bits per heavy atom. The molecule has 6 aromatic carbocycles. The molecular formula is C53H36N6O2. The summed E-state index contributed by atoms with van der Waals surface area (Å²) in [4.78, 5) is 15.6. The van der Waals surface area contributed by atoms with Crippen molar-refractivity contribution in [3.63, 3.8) is 0 Å². The number of para-hydroxylation sites is 8. The standard InChI is InChI=1S/C53H36N6O2/c1-33-15-12-26-46-51(33)59(42-22-8-11-25-45(42)61-46)50-30-14-29-49(55-50)58-39-19-5-3-17-35(39)37-32-31-36-34-16-2-4-18-38(34)57(52(36)53(37)58)48-28-13-27-47(54-48)56-40-20-6-9-23-43(40)60-44-24-10-7-21-41(44)56/h2-14,16-33H,15H2,1H3. The highest BCUT2D eigenvalue weighted by molar-refractivity contribution is 6.23. The number of allylic oxidation sites excluding steroid dienone is 3. The summed E-state index contributed by atoms with van der Waals surface area (Å²) in [7, 11) is 0. The van der Waals surface area contributed by atoms with Crippen LogP contribution >= 0.6 is 0 Å². The molecule has 6 heterocycles.